The molecule has 6 atom stereocenters. The lowest BCUT2D eigenvalue weighted by atomic mass is 9.99. The molecule has 104 heavy (non-hydrogen) atoms. The normalized spacial score (nSPS) is 14.1. The summed E-state index contributed by atoms with van der Waals surface area (Å²) in [4.78, 5) is 73.2. The van der Waals surface area contributed by atoms with Crippen LogP contribution in [0.3, 0.4) is 0 Å². The van der Waals surface area contributed by atoms with Crippen LogP contribution >= 0.6 is 15.6 Å². The van der Waals surface area contributed by atoms with Gasteiger partial charge < -0.3 is 33.8 Å². The van der Waals surface area contributed by atoms with Crippen LogP contribution in [-0.4, -0.2) is 96.7 Å². The van der Waals surface area contributed by atoms with Crippen LogP contribution in [0.25, 0.3) is 0 Å². The van der Waals surface area contributed by atoms with Crippen molar-refractivity contribution in [2.75, 3.05) is 39.6 Å². The van der Waals surface area contributed by atoms with Crippen LogP contribution in [0.1, 0.15) is 452 Å². The minimum atomic E-state index is -4.97. The molecule has 17 nitrogen and oxygen atoms in total. The second kappa shape index (κ2) is 76.4. The number of hydrogen-bond donors (Lipinski definition) is 3. The van der Waals surface area contributed by atoms with E-state index in [4.69, 9.17) is 37.0 Å². The van der Waals surface area contributed by atoms with E-state index in [1.807, 2.05) is 0 Å². The molecule has 0 aromatic heterocycles. The third-order valence-corrected chi connectivity index (χ3v) is 22.2. The molecule has 0 saturated carbocycles. The molecule has 3 unspecified atom stereocenters. The summed E-state index contributed by atoms with van der Waals surface area (Å²) in [5.74, 6) is -0.455. The zero-order valence-corrected chi connectivity index (χ0v) is 70.1. The largest absolute Gasteiger partial charge is 0.472 e. The van der Waals surface area contributed by atoms with E-state index in [-0.39, 0.29) is 25.7 Å². The first-order valence-corrected chi connectivity index (χ1v) is 47.0. The highest BCUT2D eigenvalue weighted by Gasteiger charge is 2.30. The minimum Gasteiger partial charge on any atom is -0.462 e. The van der Waals surface area contributed by atoms with Gasteiger partial charge in [-0.15, -0.1) is 0 Å². The first-order chi connectivity index (χ1) is 50.4. The SMILES string of the molecule is CCCCCCCCCCCCCCCCCCC(=O)O[C@H](COC(=O)CCCCCCCCCCCCCCC)COP(=O)(O)OC[C@H](O)COP(=O)(O)OC[C@@H](COC(=O)CCCCCCCCCCCCCCCCC(C)C)OC(=O)CCCCCCCCCCCCCCCCC(C)CC. The topological polar surface area (TPSA) is 237 Å². The van der Waals surface area contributed by atoms with E-state index < -0.39 is 97.5 Å². The first kappa shape index (κ1) is 102. The maximum Gasteiger partial charge on any atom is 0.472 e. The molecule has 0 aliphatic heterocycles. The lowest BCUT2D eigenvalue weighted by Crippen LogP contribution is -2.30. The van der Waals surface area contributed by atoms with Crippen molar-refractivity contribution >= 4 is 39.5 Å². The monoisotopic (exact) mass is 1520 g/mol. The smallest absolute Gasteiger partial charge is 0.462 e. The summed E-state index contributed by atoms with van der Waals surface area (Å²) in [6.07, 6.45) is 67.7. The van der Waals surface area contributed by atoms with Gasteiger partial charge in [-0.25, -0.2) is 9.13 Å². The third kappa shape index (κ3) is 76.8. The van der Waals surface area contributed by atoms with Crippen molar-refractivity contribution in [3.05, 3.63) is 0 Å². The number of ether oxygens (including phenoxy) is 4. The molecular weight excluding hydrogens is 1350 g/mol. The van der Waals surface area contributed by atoms with E-state index in [1.165, 1.54) is 270 Å². The van der Waals surface area contributed by atoms with Gasteiger partial charge in [0.15, 0.2) is 12.2 Å². The van der Waals surface area contributed by atoms with Crippen LogP contribution in [-0.2, 0) is 65.4 Å². The lowest BCUT2D eigenvalue weighted by Gasteiger charge is -2.21. The maximum atomic E-state index is 13.1. The highest BCUT2D eigenvalue weighted by atomic mass is 31.2. The number of unbranched alkanes of at least 4 members (excludes halogenated alkanes) is 53. The number of hydrogen-bond acceptors (Lipinski definition) is 15. The van der Waals surface area contributed by atoms with Crippen LogP contribution in [0.2, 0.25) is 0 Å². The number of carbonyl (C=O) groups is 4. The van der Waals surface area contributed by atoms with Crippen LogP contribution in [0.15, 0.2) is 0 Å². The number of aliphatic hydroxyl groups excluding tert-OH is 1. The molecule has 0 aromatic carbocycles. The predicted octanol–water partition coefficient (Wildman–Crippen LogP) is 25.8. The van der Waals surface area contributed by atoms with Crippen molar-refractivity contribution in [2.24, 2.45) is 11.8 Å². The fourth-order valence-electron chi connectivity index (χ4n) is 13.2. The van der Waals surface area contributed by atoms with Crippen LogP contribution in [0, 0.1) is 11.8 Å². The summed E-state index contributed by atoms with van der Waals surface area (Å²) in [5, 5.41) is 10.7. The Balaban J connectivity index is 5.27. The van der Waals surface area contributed by atoms with Gasteiger partial charge in [0.1, 0.15) is 19.3 Å². The number of rotatable bonds is 84. The number of esters is 4. The van der Waals surface area contributed by atoms with Gasteiger partial charge in [-0.3, -0.25) is 37.3 Å². The highest BCUT2D eigenvalue weighted by molar-refractivity contribution is 7.47. The summed E-state index contributed by atoms with van der Waals surface area (Å²) in [5.41, 5.74) is 0. The van der Waals surface area contributed by atoms with Gasteiger partial charge >= 0.3 is 39.5 Å². The molecule has 0 saturated heterocycles. The number of carbonyl (C=O) groups excluding carboxylic acids is 4. The fraction of sp³-hybridized carbons (Fsp3) is 0.953. The van der Waals surface area contributed by atoms with Crippen molar-refractivity contribution in [1.82, 2.24) is 0 Å². The van der Waals surface area contributed by atoms with Crippen molar-refractivity contribution in [2.45, 2.75) is 471 Å². The van der Waals surface area contributed by atoms with Gasteiger partial charge in [-0.05, 0) is 37.5 Å². The molecule has 0 aromatic rings. The summed E-state index contributed by atoms with van der Waals surface area (Å²) in [6, 6.07) is 0. The molecule has 0 bridgehead atoms. The maximum absolute atomic E-state index is 13.1. The Hall–Kier alpha value is -1.94. The molecule has 0 spiro atoms. The Morgan fingerprint density at radius 1 is 0.279 bits per heavy atom. The molecule has 0 rings (SSSR count). The average molecular weight is 1520 g/mol. The number of aliphatic hydroxyl groups is 1. The molecule has 0 radical (unpaired) electrons. The van der Waals surface area contributed by atoms with Gasteiger partial charge in [-0.1, -0.05) is 401 Å². The molecule has 0 aliphatic rings. The molecular formula is C85H166O17P2. The Morgan fingerprint density at radius 3 is 0.731 bits per heavy atom. The molecule has 0 fully saturated rings. The molecule has 19 heteroatoms. The summed E-state index contributed by atoms with van der Waals surface area (Å²) in [7, 11) is -9.93. The van der Waals surface area contributed by atoms with Gasteiger partial charge in [-0.2, -0.15) is 0 Å². The standard InChI is InChI=1S/C85H166O17P2/c1-7-10-12-14-16-18-20-22-23-24-33-39-45-51-57-63-69-84(89)101-80(73-95-82(87)67-61-55-49-43-37-29-21-19-17-15-13-11-8-2)75-99-103(91,92)97-71-79(86)72-98-104(93,94)100-76-81(74-96-83(88)68-62-56-50-44-38-32-27-25-30-35-41-47-53-59-65-77(4)5)102-85(90)70-64-58-52-46-40-34-28-26-31-36-42-48-54-60-66-78(6)9-3/h77-81,86H,7-76H2,1-6H3,(H,91,92)(H,93,94)/t78?,79-,80+,81+/m0/s1. The Bertz CT molecular complexity index is 2000. The molecule has 0 aliphatic carbocycles. The van der Waals surface area contributed by atoms with E-state index >= 15 is 0 Å². The molecule has 0 amide bonds. The van der Waals surface area contributed by atoms with Crippen molar-refractivity contribution in [1.29, 1.82) is 0 Å². The third-order valence-electron chi connectivity index (χ3n) is 20.3. The Morgan fingerprint density at radius 2 is 0.490 bits per heavy atom. The van der Waals surface area contributed by atoms with Gasteiger partial charge in [0.25, 0.3) is 0 Å². The Labute approximate surface area is 638 Å². The van der Waals surface area contributed by atoms with E-state index in [2.05, 4.69) is 41.5 Å². The minimum absolute atomic E-state index is 0.108. The van der Waals surface area contributed by atoms with Crippen LogP contribution in [0.4, 0.5) is 0 Å². The lowest BCUT2D eigenvalue weighted by molar-refractivity contribution is -0.161. The second-order valence-electron chi connectivity index (χ2n) is 31.3. The summed E-state index contributed by atoms with van der Waals surface area (Å²) < 4.78 is 68.9. The van der Waals surface area contributed by atoms with Gasteiger partial charge in [0.2, 0.25) is 0 Å². The molecule has 618 valence electrons. The van der Waals surface area contributed by atoms with Crippen molar-refractivity contribution in [3.63, 3.8) is 0 Å². The zero-order valence-electron chi connectivity index (χ0n) is 68.3. The predicted molar refractivity (Wildman–Crippen MR) is 428 cm³/mol. The fourth-order valence-corrected chi connectivity index (χ4v) is 14.8. The van der Waals surface area contributed by atoms with Crippen LogP contribution in [0.5, 0.6) is 0 Å². The van der Waals surface area contributed by atoms with E-state index in [1.54, 1.807) is 0 Å². The summed E-state index contributed by atoms with van der Waals surface area (Å²) >= 11 is 0. The van der Waals surface area contributed by atoms with E-state index in [9.17, 15) is 43.2 Å². The zero-order chi connectivity index (χ0) is 76.4. The number of phosphoric acid groups is 2. The van der Waals surface area contributed by atoms with Crippen molar-refractivity contribution < 1.29 is 80.2 Å². The first-order valence-electron chi connectivity index (χ1n) is 44.0. The van der Waals surface area contributed by atoms with Crippen molar-refractivity contribution in [3.8, 4) is 0 Å². The van der Waals surface area contributed by atoms with E-state index in [0.717, 1.165) is 102 Å². The van der Waals surface area contributed by atoms with Crippen LogP contribution < -0.4 is 0 Å². The van der Waals surface area contributed by atoms with E-state index in [0.29, 0.717) is 25.7 Å². The second-order valence-corrected chi connectivity index (χ2v) is 34.2. The summed E-state index contributed by atoms with van der Waals surface area (Å²) in [6.45, 7) is 9.75. The highest BCUT2D eigenvalue weighted by Crippen LogP contribution is 2.45. The Kier molecular flexibility index (Phi) is 75.0. The number of phosphoric ester groups is 2. The molecule has 0 heterocycles. The van der Waals surface area contributed by atoms with Gasteiger partial charge in [0.05, 0.1) is 26.4 Å². The van der Waals surface area contributed by atoms with Gasteiger partial charge in [0, 0.05) is 25.7 Å². The molecule has 3 N–H and O–H groups in total. The average Bonchev–Trinajstić information content (AvgIpc) is 0.907. The quantitative estimate of drug-likeness (QED) is 0.0222.